The Labute approximate surface area is 233 Å². The molecule has 0 unspecified atom stereocenters. The minimum atomic E-state index is -2.67. The van der Waals surface area contributed by atoms with Gasteiger partial charge in [0.15, 0.2) is 0 Å². The number of amides is 1. The molecular weight excluding hydrogens is 536 g/mol. The number of fused-ring (bicyclic) bond motifs is 1. The summed E-state index contributed by atoms with van der Waals surface area (Å²) in [5.74, 6) is 1.26. The normalized spacial score (nSPS) is 26.1. The molecule has 0 aromatic carbocycles. The molecule has 5 aliphatic rings. The van der Waals surface area contributed by atoms with E-state index in [2.05, 4.69) is 25.9 Å². The van der Waals surface area contributed by atoms with Crippen molar-refractivity contribution in [2.75, 3.05) is 5.32 Å². The number of carbonyl (C=O) groups is 2. The van der Waals surface area contributed by atoms with Gasteiger partial charge in [-0.2, -0.15) is 5.10 Å². The highest BCUT2D eigenvalue weighted by Gasteiger charge is 2.65. The molecule has 0 bridgehead atoms. The molecule has 0 aliphatic heterocycles. The highest BCUT2D eigenvalue weighted by molar-refractivity contribution is 7.12. The molecule has 8 rings (SSSR count). The quantitative estimate of drug-likeness (QED) is 0.389. The first-order chi connectivity index (χ1) is 19.3. The third-order valence-electron chi connectivity index (χ3n) is 10.1. The minimum absolute atomic E-state index is 0.0219. The third-order valence-corrected chi connectivity index (χ3v) is 11.3. The van der Waals surface area contributed by atoms with Crippen LogP contribution in [0.2, 0.25) is 0 Å². The van der Waals surface area contributed by atoms with Gasteiger partial charge in [-0.25, -0.2) is 8.78 Å². The zero-order chi connectivity index (χ0) is 27.4. The van der Waals surface area contributed by atoms with Crippen LogP contribution in [0.4, 0.5) is 20.5 Å². The number of nitrogens with one attached hydrogen (secondary N) is 2. The lowest BCUT2D eigenvalue weighted by Gasteiger charge is -2.25. The predicted octanol–water partition coefficient (Wildman–Crippen LogP) is 4.68. The average Bonchev–Trinajstić information content (AvgIpc) is 3.90. The second-order valence-electron chi connectivity index (χ2n) is 12.6. The molecule has 2 N–H and O–H groups in total. The van der Waals surface area contributed by atoms with Crippen molar-refractivity contribution in [3.8, 4) is 0 Å². The minimum Gasteiger partial charge on any atom is -0.349 e. The Morgan fingerprint density at radius 3 is 2.67 bits per heavy atom. The summed E-state index contributed by atoms with van der Waals surface area (Å²) in [6.45, 7) is 0. The van der Waals surface area contributed by atoms with Gasteiger partial charge in [0, 0.05) is 47.3 Å². The van der Waals surface area contributed by atoms with Crippen LogP contribution in [0.5, 0.6) is 0 Å². The van der Waals surface area contributed by atoms with E-state index >= 15 is 0 Å². The lowest BCUT2D eigenvalue weighted by atomic mass is 9.89. The van der Waals surface area contributed by atoms with Crippen LogP contribution < -0.4 is 10.6 Å². The number of alkyl halides is 2. The summed E-state index contributed by atoms with van der Waals surface area (Å²) in [7, 11) is 1.60. The number of nitrogens with zero attached hydrogens (tertiary/aromatic N) is 5. The molecule has 3 aromatic rings. The molecule has 3 aromatic heterocycles. The second kappa shape index (κ2) is 8.43. The fourth-order valence-electron chi connectivity index (χ4n) is 6.97. The Kier molecular flexibility index (Phi) is 5.19. The highest BCUT2D eigenvalue weighted by Crippen LogP contribution is 2.71. The first-order valence-corrected chi connectivity index (χ1v) is 15.0. The smallest absolute Gasteiger partial charge is 0.282 e. The number of carbonyl (C=O) groups excluding carboxylic acids is 2. The van der Waals surface area contributed by atoms with Crippen LogP contribution in [0.1, 0.15) is 88.8 Å². The van der Waals surface area contributed by atoms with E-state index in [0.29, 0.717) is 41.0 Å². The number of anilines is 2. The molecule has 40 heavy (non-hydrogen) atoms. The fraction of sp³-hybridized carbons (Fsp3) is 0.607. The summed E-state index contributed by atoms with van der Waals surface area (Å²) in [6, 6.07) is 1.54. The monoisotopic (exact) mass is 567 g/mol. The standard InChI is InChI=1S/C28H31F2N7O2S/c1-36-22(9-17(35-36)24(29)30)33-26-34-31-13-37(26)14-2-3-19-15(8-14)23(25(39)32-21-12-28(21)6-7-28)20(40-19)10-18(38)16-11-27(16)4-5-27/h9,13-14,16,21,24H,2-8,10-12H2,1H3,(H,32,39)(H,33,34)/t14-,16+,21+/m0/s1. The van der Waals surface area contributed by atoms with Gasteiger partial charge in [-0.3, -0.25) is 18.8 Å². The van der Waals surface area contributed by atoms with Crippen LogP contribution in [0.3, 0.4) is 0 Å². The van der Waals surface area contributed by atoms with E-state index in [1.807, 2.05) is 4.57 Å². The maximum atomic E-state index is 13.7. The second-order valence-corrected chi connectivity index (χ2v) is 13.8. The molecule has 9 nitrogen and oxygen atoms in total. The summed E-state index contributed by atoms with van der Waals surface area (Å²) >= 11 is 1.64. The molecule has 4 saturated carbocycles. The number of Topliss-reactive ketones (excluding diaryl/α,β-unsaturated/α-hetero) is 1. The number of aromatic nitrogens is 5. The molecule has 3 atom stereocenters. The molecule has 1 amide bonds. The summed E-state index contributed by atoms with van der Waals surface area (Å²) in [4.78, 5) is 29.0. The lowest BCUT2D eigenvalue weighted by molar-refractivity contribution is -0.119. The average molecular weight is 568 g/mol. The maximum Gasteiger partial charge on any atom is 0.282 e. The first kappa shape index (κ1) is 24.6. The van der Waals surface area contributed by atoms with Crippen LogP contribution in [0.15, 0.2) is 12.4 Å². The molecular formula is C28H31F2N7O2S. The van der Waals surface area contributed by atoms with Gasteiger partial charge in [-0.15, -0.1) is 21.5 Å². The van der Waals surface area contributed by atoms with E-state index in [9.17, 15) is 18.4 Å². The van der Waals surface area contributed by atoms with Crippen molar-refractivity contribution >= 4 is 34.8 Å². The van der Waals surface area contributed by atoms with Gasteiger partial charge in [-0.05, 0) is 74.2 Å². The maximum absolute atomic E-state index is 13.7. The number of thiophene rings is 1. The van der Waals surface area contributed by atoms with Gasteiger partial charge in [0.05, 0.1) is 5.56 Å². The van der Waals surface area contributed by atoms with E-state index < -0.39 is 6.43 Å². The van der Waals surface area contributed by atoms with Crippen LogP contribution in [-0.2, 0) is 31.1 Å². The van der Waals surface area contributed by atoms with Gasteiger partial charge < -0.3 is 10.6 Å². The summed E-state index contributed by atoms with van der Waals surface area (Å²) in [5.41, 5.74) is 2.08. The van der Waals surface area contributed by atoms with Gasteiger partial charge >= 0.3 is 0 Å². The largest absolute Gasteiger partial charge is 0.349 e. The number of aryl methyl sites for hydroxylation is 2. The highest BCUT2D eigenvalue weighted by atomic mass is 32.1. The molecule has 0 radical (unpaired) electrons. The third kappa shape index (κ3) is 4.01. The molecule has 12 heteroatoms. The number of halogens is 2. The molecule has 3 heterocycles. The Morgan fingerprint density at radius 1 is 1.20 bits per heavy atom. The molecule has 4 fully saturated rings. The van der Waals surface area contributed by atoms with Crippen LogP contribution in [0, 0.1) is 16.7 Å². The van der Waals surface area contributed by atoms with E-state index in [1.165, 1.54) is 41.3 Å². The van der Waals surface area contributed by atoms with Crippen LogP contribution in [0.25, 0.3) is 0 Å². The van der Waals surface area contributed by atoms with Crippen molar-refractivity contribution in [3.05, 3.63) is 39.0 Å². The molecule has 0 saturated heterocycles. The first-order valence-electron chi connectivity index (χ1n) is 14.2. The predicted molar refractivity (Wildman–Crippen MR) is 143 cm³/mol. The van der Waals surface area contributed by atoms with Crippen molar-refractivity contribution in [1.82, 2.24) is 29.9 Å². The van der Waals surface area contributed by atoms with Crippen molar-refractivity contribution in [3.63, 3.8) is 0 Å². The van der Waals surface area contributed by atoms with Gasteiger partial charge in [0.2, 0.25) is 5.95 Å². The SMILES string of the molecule is Cn1nc(C(F)F)cc1Nc1nncn1[C@H]1CCc2sc(CC(=O)[C@H]3CC34CC4)c(C(=O)N[C@@H]3CC34CC4)c2C1. The number of rotatable bonds is 9. The number of ketones is 1. The Morgan fingerprint density at radius 2 is 2.00 bits per heavy atom. The summed E-state index contributed by atoms with van der Waals surface area (Å²) in [6.07, 6.45) is 8.34. The van der Waals surface area contributed by atoms with Crippen molar-refractivity contribution < 1.29 is 18.4 Å². The van der Waals surface area contributed by atoms with Gasteiger partial charge in [0.1, 0.15) is 23.6 Å². The Balaban J connectivity index is 1.07. The molecule has 210 valence electrons. The molecule has 5 aliphatic carbocycles. The van der Waals surface area contributed by atoms with E-state index in [1.54, 1.807) is 24.7 Å². The van der Waals surface area contributed by atoms with Crippen LogP contribution in [-0.4, -0.2) is 42.3 Å². The number of hydrogen-bond acceptors (Lipinski definition) is 7. The Hall–Kier alpha value is -3.15. The zero-order valence-corrected chi connectivity index (χ0v) is 23.1. The summed E-state index contributed by atoms with van der Waals surface area (Å²) in [5, 5.41) is 18.6. The van der Waals surface area contributed by atoms with Gasteiger partial charge in [-0.1, -0.05) is 0 Å². The van der Waals surface area contributed by atoms with Crippen molar-refractivity contribution in [2.45, 2.75) is 82.7 Å². The van der Waals surface area contributed by atoms with E-state index in [-0.39, 0.29) is 35.4 Å². The van der Waals surface area contributed by atoms with E-state index in [4.69, 9.17) is 0 Å². The molecule has 2 spiro atoms. The fourth-order valence-corrected chi connectivity index (χ4v) is 8.33. The number of hydrogen-bond donors (Lipinski definition) is 2. The van der Waals surface area contributed by atoms with Gasteiger partial charge in [0.25, 0.3) is 12.3 Å². The topological polar surface area (TPSA) is 107 Å². The zero-order valence-electron chi connectivity index (χ0n) is 22.3. The lowest BCUT2D eigenvalue weighted by Crippen LogP contribution is -2.30. The van der Waals surface area contributed by atoms with Crippen LogP contribution >= 0.6 is 11.3 Å². The van der Waals surface area contributed by atoms with Crippen molar-refractivity contribution in [1.29, 1.82) is 0 Å². The van der Waals surface area contributed by atoms with Crippen molar-refractivity contribution in [2.24, 2.45) is 23.8 Å². The Bertz CT molecular complexity index is 1550. The summed E-state index contributed by atoms with van der Waals surface area (Å²) < 4.78 is 29.6. The van der Waals surface area contributed by atoms with E-state index in [0.717, 1.165) is 36.1 Å².